The lowest BCUT2D eigenvalue weighted by molar-refractivity contribution is 0.660. The normalized spacial score (nSPS) is 16.3. The number of benzene rings is 4. The third-order valence-corrected chi connectivity index (χ3v) is 9.72. The standard InChI is InChI=1S/C49H42N2/c1-4-5-6-14-32-51-48-30-27-41(34-45(48)40-17-8-7-9-18-40)39(26-23-36-21-24-38(25-22-36)37-15-10-11-16-37)31-33-50-42-28-29-44-43-19-12-13-20-46(43)49(2,3)47(44)35-42/h4-8,10-15,17,19-35H,9,18H2,1-3H3/b5-4-,14-6-,26-23-,39-31+,50-33?,51-32?. The number of hydrogen-bond donors (Lipinski definition) is 0. The van der Waals surface area contributed by atoms with Gasteiger partial charge in [-0.3, -0.25) is 9.98 Å². The zero-order valence-electron chi connectivity index (χ0n) is 29.6. The van der Waals surface area contributed by atoms with Crippen LogP contribution in [0.25, 0.3) is 33.9 Å². The lowest BCUT2D eigenvalue weighted by Gasteiger charge is -2.21. The molecule has 0 atom stereocenters. The highest BCUT2D eigenvalue weighted by atomic mass is 14.7. The second-order valence-electron chi connectivity index (χ2n) is 13.4. The zero-order chi connectivity index (χ0) is 35.0. The first-order valence-corrected chi connectivity index (χ1v) is 17.7. The van der Waals surface area contributed by atoms with E-state index < -0.39 is 0 Å². The first kappa shape index (κ1) is 33.4. The Morgan fingerprint density at radius 3 is 2.45 bits per heavy atom. The Morgan fingerprint density at radius 2 is 1.65 bits per heavy atom. The second kappa shape index (κ2) is 15.2. The van der Waals surface area contributed by atoms with Gasteiger partial charge in [0.25, 0.3) is 0 Å². The zero-order valence-corrected chi connectivity index (χ0v) is 29.6. The molecule has 3 aliphatic rings. The van der Waals surface area contributed by atoms with Crippen molar-refractivity contribution in [3.63, 3.8) is 0 Å². The van der Waals surface area contributed by atoms with Crippen LogP contribution in [0.1, 0.15) is 67.0 Å². The molecule has 0 saturated carbocycles. The van der Waals surface area contributed by atoms with Crippen LogP contribution >= 0.6 is 0 Å². The molecule has 2 heteroatoms. The molecule has 4 aromatic rings. The highest BCUT2D eigenvalue weighted by molar-refractivity contribution is 5.94. The minimum atomic E-state index is -0.0657. The summed E-state index contributed by atoms with van der Waals surface area (Å²) in [6, 6.07) is 30.5. The number of nitrogens with zero attached hydrogens (tertiary/aromatic N) is 2. The fourth-order valence-corrected chi connectivity index (χ4v) is 6.95. The van der Waals surface area contributed by atoms with Gasteiger partial charge < -0.3 is 0 Å². The largest absolute Gasteiger partial charge is 0.257 e. The SMILES string of the molecule is C/C=C\C=C/C=Nc1ccc(C(/C=C\c2ccc(C3=C=CC=C3)cc2)=C/C=Nc2ccc3c(c2)C(C)(C)c2ccccc2-3)cc1C1=CC=CCC1. The first-order valence-electron chi connectivity index (χ1n) is 17.7. The van der Waals surface area contributed by atoms with Crippen molar-refractivity contribution in [1.82, 2.24) is 0 Å². The van der Waals surface area contributed by atoms with Crippen LogP contribution in [-0.4, -0.2) is 12.4 Å². The van der Waals surface area contributed by atoms with Gasteiger partial charge in [-0.25, -0.2) is 0 Å². The van der Waals surface area contributed by atoms with Crippen molar-refractivity contribution in [2.75, 3.05) is 0 Å². The molecule has 4 aromatic carbocycles. The molecule has 51 heavy (non-hydrogen) atoms. The summed E-state index contributed by atoms with van der Waals surface area (Å²) in [6.45, 7) is 6.62. The van der Waals surface area contributed by atoms with Crippen LogP contribution < -0.4 is 0 Å². The van der Waals surface area contributed by atoms with Crippen molar-refractivity contribution in [3.8, 4) is 11.1 Å². The fraction of sp³-hybridized carbons (Fsp3) is 0.122. The van der Waals surface area contributed by atoms with Crippen LogP contribution in [0.15, 0.2) is 174 Å². The van der Waals surface area contributed by atoms with Gasteiger partial charge in [0.15, 0.2) is 0 Å². The summed E-state index contributed by atoms with van der Waals surface area (Å²) in [7, 11) is 0. The van der Waals surface area contributed by atoms with Crippen LogP contribution in [0.5, 0.6) is 0 Å². The molecule has 0 unspecified atom stereocenters. The topological polar surface area (TPSA) is 24.7 Å². The molecular weight excluding hydrogens is 617 g/mol. The highest BCUT2D eigenvalue weighted by Crippen LogP contribution is 2.49. The van der Waals surface area contributed by atoms with Crippen molar-refractivity contribution < 1.29 is 0 Å². The Labute approximate surface area is 302 Å². The average molecular weight is 659 g/mol. The highest BCUT2D eigenvalue weighted by Gasteiger charge is 2.35. The van der Waals surface area contributed by atoms with E-state index in [0.29, 0.717) is 0 Å². The maximum Gasteiger partial charge on any atom is 0.0705 e. The van der Waals surface area contributed by atoms with E-state index in [4.69, 9.17) is 9.98 Å². The summed E-state index contributed by atoms with van der Waals surface area (Å²) in [4.78, 5) is 9.83. The number of aliphatic imine (C=N–C) groups is 2. The van der Waals surface area contributed by atoms with Gasteiger partial charge in [-0.05, 0) is 118 Å². The summed E-state index contributed by atoms with van der Waals surface area (Å²) in [5.74, 6) is 0. The van der Waals surface area contributed by atoms with E-state index in [-0.39, 0.29) is 5.41 Å². The lowest BCUT2D eigenvalue weighted by Crippen LogP contribution is -2.14. The molecule has 0 fully saturated rings. The molecule has 3 aliphatic carbocycles. The maximum absolute atomic E-state index is 4.97. The Kier molecular flexibility index (Phi) is 9.97. The van der Waals surface area contributed by atoms with Crippen LogP contribution in [0.2, 0.25) is 0 Å². The molecule has 7 rings (SSSR count). The molecular formula is C49H42N2. The lowest BCUT2D eigenvalue weighted by atomic mass is 9.82. The molecule has 0 aromatic heterocycles. The summed E-state index contributed by atoms with van der Waals surface area (Å²) in [5.41, 5.74) is 18.5. The average Bonchev–Trinajstić information content (AvgIpc) is 3.79. The van der Waals surface area contributed by atoms with E-state index in [1.54, 1.807) is 0 Å². The minimum Gasteiger partial charge on any atom is -0.257 e. The molecule has 0 amide bonds. The monoisotopic (exact) mass is 658 g/mol. The van der Waals surface area contributed by atoms with Gasteiger partial charge in [0.2, 0.25) is 0 Å². The van der Waals surface area contributed by atoms with E-state index in [9.17, 15) is 0 Å². The Morgan fingerprint density at radius 1 is 0.784 bits per heavy atom. The number of hydrogen-bond acceptors (Lipinski definition) is 2. The van der Waals surface area contributed by atoms with Crippen LogP contribution in [0, 0.1) is 0 Å². The molecule has 0 N–H and O–H groups in total. The summed E-state index contributed by atoms with van der Waals surface area (Å²) >= 11 is 0. The van der Waals surface area contributed by atoms with Crippen molar-refractivity contribution in [1.29, 1.82) is 0 Å². The van der Waals surface area contributed by atoms with Crippen molar-refractivity contribution in [3.05, 3.63) is 197 Å². The van der Waals surface area contributed by atoms with Gasteiger partial charge in [0.05, 0.1) is 11.4 Å². The summed E-state index contributed by atoms with van der Waals surface area (Å²) in [5, 5.41) is 0. The fourth-order valence-electron chi connectivity index (χ4n) is 6.95. The number of allylic oxidation sites excluding steroid dienone is 14. The molecule has 0 radical (unpaired) electrons. The molecule has 0 bridgehead atoms. The van der Waals surface area contributed by atoms with Gasteiger partial charge in [-0.2, -0.15) is 0 Å². The third-order valence-electron chi connectivity index (χ3n) is 9.72. The number of fused-ring (bicyclic) bond motifs is 3. The Bertz CT molecular complexity index is 2300. The van der Waals surface area contributed by atoms with Crippen LogP contribution in [0.3, 0.4) is 0 Å². The summed E-state index contributed by atoms with van der Waals surface area (Å²) < 4.78 is 0. The quantitative estimate of drug-likeness (QED) is 0.0920. The van der Waals surface area contributed by atoms with Crippen molar-refractivity contribution in [2.45, 2.75) is 39.0 Å². The molecule has 0 aliphatic heterocycles. The predicted molar refractivity (Wildman–Crippen MR) is 221 cm³/mol. The Balaban J connectivity index is 1.25. The van der Waals surface area contributed by atoms with Crippen LogP contribution in [0.4, 0.5) is 11.4 Å². The van der Waals surface area contributed by atoms with Crippen molar-refractivity contribution >= 4 is 46.6 Å². The van der Waals surface area contributed by atoms with E-state index in [1.807, 2.05) is 55.8 Å². The molecule has 248 valence electrons. The van der Waals surface area contributed by atoms with Gasteiger partial charge in [0.1, 0.15) is 0 Å². The van der Waals surface area contributed by atoms with Gasteiger partial charge in [-0.1, -0.05) is 129 Å². The van der Waals surface area contributed by atoms with Crippen LogP contribution in [-0.2, 0) is 5.41 Å². The third kappa shape index (κ3) is 7.43. The van der Waals surface area contributed by atoms with Gasteiger partial charge >= 0.3 is 0 Å². The first-order chi connectivity index (χ1) is 25.0. The maximum atomic E-state index is 4.97. The second-order valence-corrected chi connectivity index (χ2v) is 13.4. The Hall–Kier alpha value is -6.08. The van der Waals surface area contributed by atoms with E-state index in [1.165, 1.54) is 27.8 Å². The molecule has 2 nitrogen and oxygen atoms in total. The molecule has 0 heterocycles. The van der Waals surface area contributed by atoms with E-state index >= 15 is 0 Å². The van der Waals surface area contributed by atoms with Crippen molar-refractivity contribution in [2.24, 2.45) is 9.98 Å². The number of rotatable bonds is 10. The predicted octanol–water partition coefficient (Wildman–Crippen LogP) is 13.2. The van der Waals surface area contributed by atoms with E-state index in [2.05, 4.69) is 147 Å². The van der Waals surface area contributed by atoms with Gasteiger partial charge in [-0.15, -0.1) is 5.73 Å². The molecule has 0 spiro atoms. The van der Waals surface area contributed by atoms with E-state index in [0.717, 1.165) is 57.6 Å². The minimum absolute atomic E-state index is 0.0657. The summed E-state index contributed by atoms with van der Waals surface area (Å²) in [6.07, 6.45) is 32.9. The molecule has 0 saturated heterocycles. The smallest absolute Gasteiger partial charge is 0.0705 e. The van der Waals surface area contributed by atoms with Gasteiger partial charge in [0, 0.05) is 29.0 Å².